The van der Waals surface area contributed by atoms with Crippen LogP contribution in [0.3, 0.4) is 0 Å². The monoisotopic (exact) mass is 472 g/mol. The number of rotatable bonds is 6. The molecule has 2 N–H and O–H groups in total. The first-order valence-electron chi connectivity index (χ1n) is 9.41. The highest BCUT2D eigenvalue weighted by molar-refractivity contribution is 14.0. The summed E-state index contributed by atoms with van der Waals surface area (Å²) in [6.07, 6.45) is 4.86. The molecule has 26 heavy (non-hydrogen) atoms. The number of benzene rings is 1. The number of halogens is 1. The molecular formula is C20H33IN4O. The Hall–Kier alpha value is -1.31. The number of aliphatic imine (C=N–C) groups is 1. The first-order chi connectivity index (χ1) is 12.1. The molecule has 1 amide bonds. The van der Waals surface area contributed by atoms with Gasteiger partial charge in [-0.05, 0) is 44.1 Å². The third-order valence-electron chi connectivity index (χ3n) is 4.94. The van der Waals surface area contributed by atoms with Crippen molar-refractivity contribution < 1.29 is 4.79 Å². The van der Waals surface area contributed by atoms with Gasteiger partial charge in [-0.25, -0.2) is 0 Å². The van der Waals surface area contributed by atoms with Crippen LogP contribution < -0.4 is 10.6 Å². The minimum atomic E-state index is 0. The number of nitrogens with zero attached hydrogens (tertiary/aromatic N) is 2. The Morgan fingerprint density at radius 1 is 1.19 bits per heavy atom. The van der Waals surface area contributed by atoms with E-state index in [9.17, 15) is 4.79 Å². The average Bonchev–Trinajstić information content (AvgIpc) is 2.65. The number of guanidine groups is 1. The van der Waals surface area contributed by atoms with E-state index in [4.69, 9.17) is 0 Å². The Labute approximate surface area is 175 Å². The number of amides is 1. The normalized spacial score (nSPS) is 20.0. The molecule has 146 valence electrons. The quantitative estimate of drug-likeness (QED) is 0.379. The number of hydrogen-bond acceptors (Lipinski definition) is 2. The summed E-state index contributed by atoms with van der Waals surface area (Å²) >= 11 is 0. The van der Waals surface area contributed by atoms with Gasteiger partial charge in [0.15, 0.2) is 5.96 Å². The number of hydrogen-bond donors (Lipinski definition) is 2. The minimum Gasteiger partial charge on any atom is -0.354 e. The van der Waals surface area contributed by atoms with Crippen LogP contribution in [-0.4, -0.2) is 42.9 Å². The first-order valence-corrected chi connectivity index (χ1v) is 9.41. The predicted molar refractivity (Wildman–Crippen MR) is 119 cm³/mol. The second-order valence-corrected chi connectivity index (χ2v) is 6.92. The van der Waals surface area contributed by atoms with E-state index in [1.165, 1.54) is 25.7 Å². The van der Waals surface area contributed by atoms with Crippen LogP contribution in [0.1, 0.15) is 45.1 Å². The summed E-state index contributed by atoms with van der Waals surface area (Å²) in [6.45, 7) is 5.93. The lowest BCUT2D eigenvalue weighted by atomic mass is 9.87. The Kier molecular flexibility index (Phi) is 10.6. The maximum absolute atomic E-state index is 12.5. The molecule has 1 aromatic carbocycles. The van der Waals surface area contributed by atoms with E-state index in [1.54, 1.807) is 7.05 Å². The molecule has 0 spiro atoms. The fraction of sp³-hybridized carbons (Fsp3) is 0.600. The topological polar surface area (TPSA) is 56.7 Å². The van der Waals surface area contributed by atoms with Gasteiger partial charge < -0.3 is 15.5 Å². The molecule has 1 aromatic rings. The van der Waals surface area contributed by atoms with Crippen molar-refractivity contribution in [3.63, 3.8) is 0 Å². The first kappa shape index (κ1) is 22.7. The molecule has 2 rings (SSSR count). The summed E-state index contributed by atoms with van der Waals surface area (Å²) in [4.78, 5) is 18.6. The maximum atomic E-state index is 12.5. The molecule has 0 radical (unpaired) electrons. The molecule has 6 heteroatoms. The summed E-state index contributed by atoms with van der Waals surface area (Å²) in [6, 6.07) is 10.6. The van der Waals surface area contributed by atoms with E-state index in [2.05, 4.69) is 22.5 Å². The van der Waals surface area contributed by atoms with Crippen LogP contribution in [0, 0.1) is 5.92 Å². The zero-order valence-corrected chi connectivity index (χ0v) is 18.5. The highest BCUT2D eigenvalue weighted by Crippen LogP contribution is 2.23. The molecule has 1 fully saturated rings. The van der Waals surface area contributed by atoms with E-state index < -0.39 is 0 Å². The highest BCUT2D eigenvalue weighted by atomic mass is 127. The van der Waals surface area contributed by atoms with E-state index >= 15 is 0 Å². The second kappa shape index (κ2) is 12.1. The lowest BCUT2D eigenvalue weighted by Gasteiger charge is -2.28. The third kappa shape index (κ3) is 7.51. The molecule has 0 aliphatic heterocycles. The summed E-state index contributed by atoms with van der Waals surface area (Å²) in [5.41, 5.74) is 1.15. The fourth-order valence-corrected chi connectivity index (χ4v) is 3.24. The molecule has 1 aliphatic carbocycles. The highest BCUT2D eigenvalue weighted by Gasteiger charge is 2.19. The van der Waals surface area contributed by atoms with Gasteiger partial charge in [0.05, 0.1) is 6.54 Å². The standard InChI is InChI=1S/C20H32N4O.HI/c1-4-24(15-17-8-6-5-7-9-17)19(25)14-22-20(21-3)23-18-12-10-16(2)11-13-18;/h5-9,16,18H,4,10-15H2,1-3H3,(H2,21,22,23);1H. The fourth-order valence-electron chi connectivity index (χ4n) is 3.24. The van der Waals surface area contributed by atoms with E-state index in [1.807, 2.05) is 42.2 Å². The zero-order chi connectivity index (χ0) is 18.1. The Balaban J connectivity index is 0.00000338. The van der Waals surface area contributed by atoms with Gasteiger partial charge in [0, 0.05) is 26.2 Å². The summed E-state index contributed by atoms with van der Waals surface area (Å²) in [5.74, 6) is 1.64. The van der Waals surface area contributed by atoms with Crippen molar-refractivity contribution in [1.82, 2.24) is 15.5 Å². The van der Waals surface area contributed by atoms with Gasteiger partial charge in [0.2, 0.25) is 5.91 Å². The zero-order valence-electron chi connectivity index (χ0n) is 16.2. The smallest absolute Gasteiger partial charge is 0.242 e. The Morgan fingerprint density at radius 2 is 1.85 bits per heavy atom. The SMILES string of the molecule is CCN(Cc1ccccc1)C(=O)CNC(=NC)NC1CCC(C)CC1.I. The molecule has 0 saturated heterocycles. The molecule has 5 nitrogen and oxygen atoms in total. The summed E-state index contributed by atoms with van der Waals surface area (Å²) in [5, 5.41) is 6.63. The van der Waals surface area contributed by atoms with Crippen molar-refractivity contribution in [1.29, 1.82) is 0 Å². The molecule has 0 heterocycles. The van der Waals surface area contributed by atoms with Crippen LogP contribution in [0.2, 0.25) is 0 Å². The van der Waals surface area contributed by atoms with Crippen molar-refractivity contribution in [3.8, 4) is 0 Å². The molecule has 0 aromatic heterocycles. The predicted octanol–water partition coefficient (Wildman–Crippen LogP) is 3.40. The van der Waals surface area contributed by atoms with Gasteiger partial charge >= 0.3 is 0 Å². The van der Waals surface area contributed by atoms with Crippen molar-refractivity contribution >= 4 is 35.8 Å². The number of nitrogens with one attached hydrogen (secondary N) is 2. The van der Waals surface area contributed by atoms with E-state index in [0.29, 0.717) is 19.1 Å². The molecular weight excluding hydrogens is 439 g/mol. The largest absolute Gasteiger partial charge is 0.354 e. The van der Waals surface area contributed by atoms with Crippen LogP contribution in [0.25, 0.3) is 0 Å². The summed E-state index contributed by atoms with van der Waals surface area (Å²) in [7, 11) is 1.76. The summed E-state index contributed by atoms with van der Waals surface area (Å²) < 4.78 is 0. The van der Waals surface area contributed by atoms with Crippen molar-refractivity contribution in [3.05, 3.63) is 35.9 Å². The number of carbonyl (C=O) groups is 1. The van der Waals surface area contributed by atoms with Gasteiger partial charge in [-0.2, -0.15) is 0 Å². The van der Waals surface area contributed by atoms with Gasteiger partial charge in [-0.3, -0.25) is 9.79 Å². The molecule has 0 bridgehead atoms. The lowest BCUT2D eigenvalue weighted by molar-refractivity contribution is -0.130. The third-order valence-corrected chi connectivity index (χ3v) is 4.94. The van der Waals surface area contributed by atoms with Crippen molar-refractivity contribution in [2.24, 2.45) is 10.9 Å². The van der Waals surface area contributed by atoms with Gasteiger partial charge in [0.25, 0.3) is 0 Å². The van der Waals surface area contributed by atoms with E-state index in [0.717, 1.165) is 17.4 Å². The Morgan fingerprint density at radius 3 is 2.42 bits per heavy atom. The minimum absolute atomic E-state index is 0. The molecule has 0 atom stereocenters. The van der Waals surface area contributed by atoms with E-state index in [-0.39, 0.29) is 36.4 Å². The molecule has 0 unspecified atom stereocenters. The second-order valence-electron chi connectivity index (χ2n) is 6.92. The van der Waals surface area contributed by atoms with Gasteiger partial charge in [-0.1, -0.05) is 37.3 Å². The van der Waals surface area contributed by atoms with Gasteiger partial charge in [-0.15, -0.1) is 24.0 Å². The molecule has 1 saturated carbocycles. The average molecular weight is 472 g/mol. The van der Waals surface area contributed by atoms with Crippen LogP contribution in [0.15, 0.2) is 35.3 Å². The van der Waals surface area contributed by atoms with Crippen LogP contribution in [-0.2, 0) is 11.3 Å². The van der Waals surface area contributed by atoms with Gasteiger partial charge in [0.1, 0.15) is 0 Å². The lowest BCUT2D eigenvalue weighted by Crippen LogP contribution is -2.48. The maximum Gasteiger partial charge on any atom is 0.242 e. The number of likely N-dealkylation sites (N-methyl/N-ethyl adjacent to an activating group) is 1. The van der Waals surface area contributed by atoms with Crippen LogP contribution in [0.5, 0.6) is 0 Å². The number of carbonyl (C=O) groups excluding carboxylic acids is 1. The van der Waals surface area contributed by atoms with Crippen molar-refractivity contribution in [2.75, 3.05) is 20.1 Å². The molecule has 1 aliphatic rings. The van der Waals surface area contributed by atoms with Crippen LogP contribution >= 0.6 is 24.0 Å². The van der Waals surface area contributed by atoms with Crippen LogP contribution in [0.4, 0.5) is 0 Å². The Bertz CT molecular complexity index is 556. The van der Waals surface area contributed by atoms with Crippen molar-refractivity contribution in [2.45, 2.75) is 52.1 Å².